The minimum absolute atomic E-state index is 0.103. The predicted molar refractivity (Wildman–Crippen MR) is 122 cm³/mol. The van der Waals surface area contributed by atoms with E-state index in [0.717, 1.165) is 5.56 Å². The van der Waals surface area contributed by atoms with Gasteiger partial charge in [-0.2, -0.15) is 0 Å². The SMILES string of the molecule is COc1ccccc1NC(=O)N[C@@H]1CC[C@@H](CC(=O)N[C@H](C)c2ccccc2)O[C@H]1CO. The number of carbonyl (C=O) groups is 2. The molecule has 8 nitrogen and oxygen atoms in total. The van der Waals surface area contributed by atoms with E-state index in [0.29, 0.717) is 24.3 Å². The number of ether oxygens (including phenoxy) is 2. The minimum Gasteiger partial charge on any atom is -0.495 e. The molecule has 0 spiro atoms. The Morgan fingerprint density at radius 2 is 1.84 bits per heavy atom. The first-order valence-electron chi connectivity index (χ1n) is 10.8. The number of hydrogen-bond acceptors (Lipinski definition) is 5. The van der Waals surface area contributed by atoms with Gasteiger partial charge in [0.15, 0.2) is 0 Å². The molecule has 8 heteroatoms. The van der Waals surface area contributed by atoms with Crippen LogP contribution in [0.4, 0.5) is 10.5 Å². The van der Waals surface area contributed by atoms with E-state index in [1.807, 2.05) is 43.3 Å². The third kappa shape index (κ3) is 6.45. The Kier molecular flexibility index (Phi) is 8.47. The summed E-state index contributed by atoms with van der Waals surface area (Å²) in [6, 6.07) is 16.0. The van der Waals surface area contributed by atoms with Crippen LogP contribution < -0.4 is 20.7 Å². The maximum atomic E-state index is 12.5. The smallest absolute Gasteiger partial charge is 0.319 e. The van der Waals surface area contributed by atoms with Crippen molar-refractivity contribution in [2.75, 3.05) is 19.0 Å². The molecule has 0 radical (unpaired) electrons. The number of nitrogens with one attached hydrogen (secondary N) is 3. The summed E-state index contributed by atoms with van der Waals surface area (Å²) in [5, 5.41) is 18.4. The summed E-state index contributed by atoms with van der Waals surface area (Å²) in [6.45, 7) is 1.68. The molecule has 1 saturated heterocycles. The summed E-state index contributed by atoms with van der Waals surface area (Å²) in [7, 11) is 1.53. The highest BCUT2D eigenvalue weighted by atomic mass is 16.5. The van der Waals surface area contributed by atoms with Gasteiger partial charge in [-0.15, -0.1) is 0 Å². The standard InChI is InChI=1S/C24H31N3O5/c1-16(17-8-4-3-5-9-17)25-23(29)14-18-12-13-20(22(15-28)32-18)27-24(30)26-19-10-6-7-11-21(19)31-2/h3-11,16,18,20,22,28H,12-15H2,1-2H3,(H,25,29)(H2,26,27,30)/t16-,18+,20-,22+/m1/s1. The van der Waals surface area contributed by atoms with Crippen LogP contribution in [0.1, 0.15) is 37.8 Å². The van der Waals surface area contributed by atoms with Crippen LogP contribution in [0.15, 0.2) is 54.6 Å². The molecule has 32 heavy (non-hydrogen) atoms. The van der Waals surface area contributed by atoms with Gasteiger partial charge in [-0.25, -0.2) is 4.79 Å². The summed E-state index contributed by atoms with van der Waals surface area (Å²) in [4.78, 5) is 24.9. The number of aliphatic hydroxyl groups is 1. The van der Waals surface area contributed by atoms with E-state index in [9.17, 15) is 14.7 Å². The van der Waals surface area contributed by atoms with Crippen LogP contribution in [-0.4, -0.2) is 49.0 Å². The molecule has 4 N–H and O–H groups in total. The number of urea groups is 1. The van der Waals surface area contributed by atoms with Gasteiger partial charge in [-0.05, 0) is 37.5 Å². The van der Waals surface area contributed by atoms with Crippen LogP contribution in [0, 0.1) is 0 Å². The van der Waals surface area contributed by atoms with Gasteiger partial charge in [0.05, 0.1) is 44.0 Å². The molecular formula is C24H31N3O5. The van der Waals surface area contributed by atoms with Crippen LogP contribution in [-0.2, 0) is 9.53 Å². The Hall–Kier alpha value is -3.10. The fourth-order valence-corrected chi connectivity index (χ4v) is 3.85. The second-order valence-corrected chi connectivity index (χ2v) is 7.87. The Morgan fingerprint density at radius 3 is 2.56 bits per heavy atom. The summed E-state index contributed by atoms with van der Waals surface area (Å²) in [6.07, 6.45) is 0.496. The van der Waals surface area contributed by atoms with Crippen molar-refractivity contribution in [3.05, 3.63) is 60.2 Å². The summed E-state index contributed by atoms with van der Waals surface area (Å²) in [5.74, 6) is 0.445. The third-order valence-electron chi connectivity index (χ3n) is 5.56. The van der Waals surface area contributed by atoms with E-state index < -0.39 is 12.1 Å². The van der Waals surface area contributed by atoms with Crippen LogP contribution in [0.25, 0.3) is 0 Å². The van der Waals surface area contributed by atoms with Gasteiger partial charge < -0.3 is 30.5 Å². The molecule has 0 aliphatic carbocycles. The van der Waals surface area contributed by atoms with Crippen LogP contribution in [0.2, 0.25) is 0 Å². The predicted octanol–water partition coefficient (Wildman–Crippen LogP) is 2.99. The highest BCUT2D eigenvalue weighted by molar-refractivity contribution is 5.91. The highest BCUT2D eigenvalue weighted by Crippen LogP contribution is 2.25. The monoisotopic (exact) mass is 441 g/mol. The average molecular weight is 442 g/mol. The van der Waals surface area contributed by atoms with Crippen molar-refractivity contribution in [3.8, 4) is 5.75 Å². The highest BCUT2D eigenvalue weighted by Gasteiger charge is 2.33. The number of aliphatic hydroxyl groups excluding tert-OH is 1. The zero-order chi connectivity index (χ0) is 22.9. The van der Waals surface area contributed by atoms with Crippen LogP contribution >= 0.6 is 0 Å². The Bertz CT molecular complexity index is 892. The molecule has 2 aromatic rings. The number of carbonyl (C=O) groups excluding carboxylic acids is 2. The molecule has 0 aromatic heterocycles. The maximum absolute atomic E-state index is 12.5. The fraction of sp³-hybridized carbons (Fsp3) is 0.417. The van der Waals surface area contributed by atoms with Crippen molar-refractivity contribution in [1.82, 2.24) is 10.6 Å². The van der Waals surface area contributed by atoms with Crippen LogP contribution in [0.3, 0.4) is 0 Å². The second kappa shape index (κ2) is 11.5. The summed E-state index contributed by atoms with van der Waals surface area (Å²) in [5.41, 5.74) is 1.58. The molecule has 1 fully saturated rings. The molecule has 0 saturated carbocycles. The van der Waals surface area contributed by atoms with Gasteiger partial charge in [0.1, 0.15) is 11.9 Å². The van der Waals surface area contributed by atoms with Gasteiger partial charge in [0, 0.05) is 0 Å². The number of amides is 3. The number of anilines is 1. The molecule has 3 rings (SSSR count). The minimum atomic E-state index is -0.587. The molecule has 3 amide bonds. The zero-order valence-corrected chi connectivity index (χ0v) is 18.4. The lowest BCUT2D eigenvalue weighted by Crippen LogP contribution is -2.52. The summed E-state index contributed by atoms with van der Waals surface area (Å²) < 4.78 is 11.2. The Labute approximate surface area is 188 Å². The van der Waals surface area contributed by atoms with Gasteiger partial charge >= 0.3 is 6.03 Å². The molecule has 0 bridgehead atoms. The van der Waals surface area contributed by atoms with E-state index in [4.69, 9.17) is 9.47 Å². The molecule has 1 aliphatic heterocycles. The number of benzene rings is 2. The quantitative estimate of drug-likeness (QED) is 0.504. The number of rotatable bonds is 8. The van der Waals surface area contributed by atoms with Gasteiger partial charge in [0.2, 0.25) is 5.91 Å². The van der Waals surface area contributed by atoms with Gasteiger partial charge in [-0.1, -0.05) is 42.5 Å². The molecule has 172 valence electrons. The first kappa shape index (κ1) is 23.6. The first-order chi connectivity index (χ1) is 15.5. The molecule has 4 atom stereocenters. The van der Waals surface area contributed by atoms with E-state index in [1.54, 1.807) is 18.2 Å². The van der Waals surface area contributed by atoms with Crippen molar-refractivity contribution < 1.29 is 24.2 Å². The Morgan fingerprint density at radius 1 is 1.12 bits per heavy atom. The van der Waals surface area contributed by atoms with E-state index >= 15 is 0 Å². The topological polar surface area (TPSA) is 109 Å². The number of methoxy groups -OCH3 is 1. The van der Waals surface area contributed by atoms with Crippen LogP contribution in [0.5, 0.6) is 5.75 Å². The van der Waals surface area contributed by atoms with E-state index in [1.165, 1.54) is 7.11 Å². The van der Waals surface area contributed by atoms with Crippen molar-refractivity contribution in [3.63, 3.8) is 0 Å². The van der Waals surface area contributed by atoms with Crippen molar-refractivity contribution in [1.29, 1.82) is 0 Å². The van der Waals surface area contributed by atoms with E-state index in [2.05, 4.69) is 16.0 Å². The van der Waals surface area contributed by atoms with Crippen molar-refractivity contribution in [2.45, 2.75) is 50.5 Å². The largest absolute Gasteiger partial charge is 0.495 e. The van der Waals surface area contributed by atoms with Crippen molar-refractivity contribution in [2.24, 2.45) is 0 Å². The fourth-order valence-electron chi connectivity index (χ4n) is 3.85. The molecule has 1 heterocycles. The molecule has 0 unspecified atom stereocenters. The van der Waals surface area contributed by atoms with Crippen molar-refractivity contribution >= 4 is 17.6 Å². The van der Waals surface area contributed by atoms with Gasteiger partial charge in [0.25, 0.3) is 0 Å². The molecular weight excluding hydrogens is 410 g/mol. The lowest BCUT2D eigenvalue weighted by molar-refractivity contribution is -0.131. The third-order valence-corrected chi connectivity index (χ3v) is 5.56. The normalized spacial score (nSPS) is 21.3. The average Bonchev–Trinajstić information content (AvgIpc) is 2.80. The first-order valence-corrected chi connectivity index (χ1v) is 10.8. The van der Waals surface area contributed by atoms with E-state index in [-0.39, 0.29) is 37.1 Å². The second-order valence-electron chi connectivity index (χ2n) is 7.87. The zero-order valence-electron chi connectivity index (χ0n) is 18.4. The number of para-hydroxylation sites is 2. The molecule has 1 aliphatic rings. The molecule has 2 aromatic carbocycles. The summed E-state index contributed by atoms with van der Waals surface area (Å²) >= 11 is 0. The Balaban J connectivity index is 1.48. The number of hydrogen-bond donors (Lipinski definition) is 4. The lowest BCUT2D eigenvalue weighted by atomic mass is 9.97. The maximum Gasteiger partial charge on any atom is 0.319 e. The lowest BCUT2D eigenvalue weighted by Gasteiger charge is -2.36. The van der Waals surface area contributed by atoms with Gasteiger partial charge in [-0.3, -0.25) is 4.79 Å².